The molecule has 2 aromatic rings. The Balaban J connectivity index is 2.35. The Morgan fingerprint density at radius 2 is 1.44 bits per heavy atom. The number of halogens is 1. The smallest absolute Gasteiger partial charge is 0.136 e. The van der Waals surface area contributed by atoms with Gasteiger partial charge in [-0.05, 0) is 36.4 Å². The van der Waals surface area contributed by atoms with Crippen molar-refractivity contribution in [3.63, 3.8) is 0 Å². The molecule has 0 atom stereocenters. The van der Waals surface area contributed by atoms with Crippen molar-refractivity contribution in [2.24, 2.45) is 0 Å². The predicted molar refractivity (Wildman–Crippen MR) is 75.1 cm³/mol. The molecule has 0 saturated carbocycles. The summed E-state index contributed by atoms with van der Waals surface area (Å²) in [6.07, 6.45) is 0. The Kier molecular flexibility index (Phi) is 4.39. The van der Waals surface area contributed by atoms with Gasteiger partial charge in [-0.3, -0.25) is 0 Å². The average Bonchev–Trinajstić information content (AvgIpc) is 2.41. The lowest BCUT2D eigenvalue weighted by atomic mass is 10.3. The summed E-state index contributed by atoms with van der Waals surface area (Å²) in [5.41, 5.74) is 0. The summed E-state index contributed by atoms with van der Waals surface area (Å²) in [5, 5.41) is 0.728. The molecule has 0 N–H and O–H groups in total. The number of rotatable bonds is 4. The summed E-state index contributed by atoms with van der Waals surface area (Å²) < 4.78 is 10.7. The van der Waals surface area contributed by atoms with Crippen molar-refractivity contribution in [2.45, 2.75) is 9.79 Å². The average molecular weight is 281 g/mol. The zero-order chi connectivity index (χ0) is 13.0. The highest BCUT2D eigenvalue weighted by molar-refractivity contribution is 7.99. The van der Waals surface area contributed by atoms with Gasteiger partial charge in [0.2, 0.25) is 0 Å². The van der Waals surface area contributed by atoms with Crippen LogP contribution in [0.4, 0.5) is 0 Å². The molecule has 0 amide bonds. The van der Waals surface area contributed by atoms with E-state index in [1.54, 1.807) is 26.0 Å². The lowest BCUT2D eigenvalue weighted by Crippen LogP contribution is -1.91. The molecule has 0 bridgehead atoms. The maximum Gasteiger partial charge on any atom is 0.136 e. The third-order valence-electron chi connectivity index (χ3n) is 2.42. The van der Waals surface area contributed by atoms with E-state index in [0.29, 0.717) is 0 Å². The van der Waals surface area contributed by atoms with Crippen LogP contribution in [-0.2, 0) is 0 Å². The van der Waals surface area contributed by atoms with Crippen molar-refractivity contribution in [3.8, 4) is 11.5 Å². The molecule has 0 aliphatic carbocycles. The maximum absolute atomic E-state index is 5.87. The van der Waals surface area contributed by atoms with E-state index in [0.717, 1.165) is 26.3 Å². The molecule has 0 heterocycles. The number of hydrogen-bond donors (Lipinski definition) is 0. The highest BCUT2D eigenvalue weighted by Crippen LogP contribution is 2.41. The molecule has 0 aliphatic rings. The van der Waals surface area contributed by atoms with E-state index in [-0.39, 0.29) is 0 Å². The van der Waals surface area contributed by atoms with Gasteiger partial charge in [0, 0.05) is 9.92 Å². The molecule has 4 heteroatoms. The van der Waals surface area contributed by atoms with Crippen LogP contribution in [0.15, 0.2) is 52.3 Å². The quantitative estimate of drug-likeness (QED) is 0.821. The molecule has 2 aromatic carbocycles. The molecule has 0 radical (unpaired) electrons. The Morgan fingerprint density at radius 1 is 0.889 bits per heavy atom. The van der Waals surface area contributed by atoms with Crippen LogP contribution in [-0.4, -0.2) is 14.2 Å². The van der Waals surface area contributed by atoms with Gasteiger partial charge in [0.05, 0.1) is 19.1 Å². The van der Waals surface area contributed by atoms with E-state index in [2.05, 4.69) is 0 Å². The van der Waals surface area contributed by atoms with Crippen LogP contribution in [0, 0.1) is 0 Å². The normalized spacial score (nSPS) is 10.2. The molecule has 18 heavy (non-hydrogen) atoms. The van der Waals surface area contributed by atoms with Gasteiger partial charge in [-0.1, -0.05) is 29.4 Å². The van der Waals surface area contributed by atoms with Crippen molar-refractivity contribution >= 4 is 23.4 Å². The van der Waals surface area contributed by atoms with Crippen molar-refractivity contribution in [2.75, 3.05) is 14.2 Å². The second-order valence-electron chi connectivity index (χ2n) is 3.55. The summed E-state index contributed by atoms with van der Waals surface area (Å²) in [5.74, 6) is 1.60. The first-order valence-corrected chi connectivity index (χ1v) is 6.58. The second-order valence-corrected chi connectivity index (χ2v) is 5.07. The van der Waals surface area contributed by atoms with E-state index in [4.69, 9.17) is 21.1 Å². The van der Waals surface area contributed by atoms with Gasteiger partial charge >= 0.3 is 0 Å². The molecular formula is C14H13ClO2S. The summed E-state index contributed by atoms with van der Waals surface area (Å²) in [6, 6.07) is 13.4. The van der Waals surface area contributed by atoms with Crippen molar-refractivity contribution in [3.05, 3.63) is 47.5 Å². The van der Waals surface area contributed by atoms with Crippen molar-refractivity contribution in [1.82, 2.24) is 0 Å². The molecule has 0 unspecified atom stereocenters. The van der Waals surface area contributed by atoms with Gasteiger partial charge in [-0.25, -0.2) is 0 Å². The number of methoxy groups -OCH3 is 2. The van der Waals surface area contributed by atoms with Crippen LogP contribution < -0.4 is 9.47 Å². The van der Waals surface area contributed by atoms with E-state index < -0.39 is 0 Å². The minimum atomic E-state index is 0.728. The molecule has 2 rings (SSSR count). The molecule has 0 fully saturated rings. The minimum absolute atomic E-state index is 0.728. The minimum Gasteiger partial charge on any atom is -0.495 e. The van der Waals surface area contributed by atoms with Crippen LogP contribution >= 0.6 is 23.4 Å². The maximum atomic E-state index is 5.87. The zero-order valence-corrected chi connectivity index (χ0v) is 11.7. The van der Waals surface area contributed by atoms with E-state index in [1.807, 2.05) is 42.5 Å². The monoisotopic (exact) mass is 280 g/mol. The molecule has 0 aromatic heterocycles. The first-order valence-electron chi connectivity index (χ1n) is 5.39. The van der Waals surface area contributed by atoms with Crippen LogP contribution in [0.1, 0.15) is 0 Å². The van der Waals surface area contributed by atoms with Crippen molar-refractivity contribution in [1.29, 1.82) is 0 Å². The third kappa shape index (κ3) is 2.92. The van der Waals surface area contributed by atoms with Crippen LogP contribution in [0.2, 0.25) is 5.02 Å². The summed E-state index contributed by atoms with van der Waals surface area (Å²) in [6.45, 7) is 0. The molecule has 0 saturated heterocycles. The predicted octanol–water partition coefficient (Wildman–Crippen LogP) is 4.51. The van der Waals surface area contributed by atoms with Gasteiger partial charge < -0.3 is 9.47 Å². The fraction of sp³-hybridized carbons (Fsp3) is 0.143. The fourth-order valence-electron chi connectivity index (χ4n) is 1.54. The zero-order valence-electron chi connectivity index (χ0n) is 10.1. The fourth-order valence-corrected chi connectivity index (χ4v) is 2.68. The second kappa shape index (κ2) is 6.03. The van der Waals surface area contributed by atoms with Gasteiger partial charge in [0.1, 0.15) is 11.5 Å². The molecule has 0 spiro atoms. The number of ether oxygens (including phenoxy) is 2. The Bertz CT molecular complexity index is 504. The van der Waals surface area contributed by atoms with Crippen LogP contribution in [0.25, 0.3) is 0 Å². The lowest BCUT2D eigenvalue weighted by Gasteiger charge is -2.12. The Hall–Kier alpha value is -1.32. The van der Waals surface area contributed by atoms with Crippen LogP contribution in [0.3, 0.4) is 0 Å². The SMILES string of the molecule is COc1cccc(OC)c1Sc1ccc(Cl)cc1. The summed E-state index contributed by atoms with van der Waals surface area (Å²) in [7, 11) is 3.31. The standard InChI is InChI=1S/C14H13ClO2S/c1-16-12-4-3-5-13(17-2)14(12)18-11-8-6-10(15)7-9-11/h3-9H,1-2H3. The highest BCUT2D eigenvalue weighted by Gasteiger charge is 2.11. The lowest BCUT2D eigenvalue weighted by molar-refractivity contribution is 0.376. The van der Waals surface area contributed by atoms with Crippen molar-refractivity contribution < 1.29 is 9.47 Å². The number of benzene rings is 2. The first kappa shape index (κ1) is 13.1. The number of hydrogen-bond acceptors (Lipinski definition) is 3. The Labute approximate surface area is 116 Å². The summed E-state index contributed by atoms with van der Waals surface area (Å²) in [4.78, 5) is 2.05. The third-order valence-corrected chi connectivity index (χ3v) is 3.78. The molecule has 2 nitrogen and oxygen atoms in total. The van der Waals surface area contributed by atoms with Gasteiger partial charge in [0.25, 0.3) is 0 Å². The van der Waals surface area contributed by atoms with Gasteiger partial charge in [-0.15, -0.1) is 0 Å². The summed E-state index contributed by atoms with van der Waals surface area (Å²) >= 11 is 7.46. The van der Waals surface area contributed by atoms with E-state index in [9.17, 15) is 0 Å². The highest BCUT2D eigenvalue weighted by atomic mass is 35.5. The van der Waals surface area contributed by atoms with E-state index >= 15 is 0 Å². The van der Waals surface area contributed by atoms with Gasteiger partial charge in [0.15, 0.2) is 0 Å². The molecule has 94 valence electrons. The Morgan fingerprint density at radius 3 is 1.94 bits per heavy atom. The topological polar surface area (TPSA) is 18.5 Å². The molecule has 0 aliphatic heterocycles. The van der Waals surface area contributed by atoms with Gasteiger partial charge in [-0.2, -0.15) is 0 Å². The first-order chi connectivity index (χ1) is 8.74. The van der Waals surface area contributed by atoms with E-state index in [1.165, 1.54) is 0 Å². The molecular weight excluding hydrogens is 268 g/mol. The largest absolute Gasteiger partial charge is 0.495 e. The van der Waals surface area contributed by atoms with Crippen LogP contribution in [0.5, 0.6) is 11.5 Å².